The Labute approximate surface area is 178 Å². The highest BCUT2D eigenvalue weighted by Gasteiger charge is 2.15. The minimum absolute atomic E-state index is 0.254. The average molecular weight is 426 g/mol. The van der Waals surface area contributed by atoms with E-state index in [4.69, 9.17) is 28.5 Å². The van der Waals surface area contributed by atoms with Crippen LogP contribution in [0.4, 0.5) is 11.6 Å². The van der Waals surface area contributed by atoms with E-state index in [1.165, 1.54) is 0 Å². The fourth-order valence-corrected chi connectivity index (χ4v) is 2.90. The van der Waals surface area contributed by atoms with Crippen molar-refractivity contribution in [3.8, 4) is 6.19 Å². The first-order valence-corrected chi connectivity index (χ1v) is 9.38. The van der Waals surface area contributed by atoms with Crippen LogP contribution in [0.25, 0.3) is 0 Å². The Morgan fingerprint density at radius 3 is 2.72 bits per heavy atom. The van der Waals surface area contributed by atoms with Crippen molar-refractivity contribution in [1.29, 1.82) is 5.26 Å². The summed E-state index contributed by atoms with van der Waals surface area (Å²) in [7, 11) is 1.73. The molecular weight excluding hydrogens is 409 g/mol. The Hall–Kier alpha value is -3.21. The lowest BCUT2D eigenvalue weighted by Crippen LogP contribution is -2.34. The van der Waals surface area contributed by atoms with Crippen LogP contribution in [0.3, 0.4) is 0 Å². The number of guanidine groups is 1. The smallest absolute Gasteiger partial charge is 0.232 e. The highest BCUT2D eigenvalue weighted by atomic mass is 35.5. The number of hydrogen-bond acceptors (Lipinski definition) is 5. The number of halogens is 2. The lowest BCUT2D eigenvalue weighted by Gasteiger charge is -2.20. The Morgan fingerprint density at radius 1 is 1.21 bits per heavy atom. The largest absolute Gasteiger partial charge is 0.325 e. The molecule has 1 N–H and O–H groups in total. The van der Waals surface area contributed by atoms with E-state index in [-0.39, 0.29) is 5.96 Å². The second-order valence-corrected chi connectivity index (χ2v) is 7.00. The van der Waals surface area contributed by atoms with Crippen LogP contribution < -0.4 is 10.2 Å². The summed E-state index contributed by atoms with van der Waals surface area (Å²) in [5, 5.41) is 13.0. The van der Waals surface area contributed by atoms with Gasteiger partial charge in [-0.15, -0.1) is 4.99 Å². The number of nitrogens with zero attached hydrogens (tertiary/aromatic N) is 6. The highest BCUT2D eigenvalue weighted by molar-refractivity contribution is 6.42. The van der Waals surface area contributed by atoms with Crippen LogP contribution in [-0.4, -0.2) is 28.0 Å². The summed E-state index contributed by atoms with van der Waals surface area (Å²) in [5.41, 5.74) is 3.30. The highest BCUT2D eigenvalue weighted by Crippen LogP contribution is 2.25. The van der Waals surface area contributed by atoms with Crippen molar-refractivity contribution in [3.63, 3.8) is 0 Å². The molecule has 0 radical (unpaired) electrons. The van der Waals surface area contributed by atoms with Crippen LogP contribution >= 0.6 is 23.2 Å². The predicted octanol–water partition coefficient (Wildman–Crippen LogP) is 4.46. The first kappa shape index (κ1) is 20.5. The fraction of sp³-hybridized carbons (Fsp3) is 0.150. The maximum atomic E-state index is 9.11. The van der Waals surface area contributed by atoms with Crippen LogP contribution in [0.5, 0.6) is 0 Å². The minimum atomic E-state index is 0.254. The van der Waals surface area contributed by atoms with Gasteiger partial charge in [0, 0.05) is 37.2 Å². The molecule has 0 aliphatic carbocycles. The van der Waals surface area contributed by atoms with E-state index in [2.05, 4.69) is 25.3 Å². The zero-order valence-electron chi connectivity index (χ0n) is 15.8. The fourth-order valence-electron chi connectivity index (χ4n) is 2.60. The van der Waals surface area contributed by atoms with Crippen molar-refractivity contribution in [1.82, 2.24) is 15.0 Å². The third-order valence-corrected chi connectivity index (χ3v) is 4.69. The van der Waals surface area contributed by atoms with E-state index in [9.17, 15) is 0 Å². The Kier molecular flexibility index (Phi) is 6.60. The van der Waals surface area contributed by atoms with Gasteiger partial charge < -0.3 is 5.32 Å². The van der Waals surface area contributed by atoms with Crippen LogP contribution in [0, 0.1) is 18.4 Å². The molecule has 29 heavy (non-hydrogen) atoms. The summed E-state index contributed by atoms with van der Waals surface area (Å²) < 4.78 is 0. The molecule has 0 amide bonds. The van der Waals surface area contributed by atoms with Crippen molar-refractivity contribution >= 4 is 40.8 Å². The molecule has 2 aromatic heterocycles. The van der Waals surface area contributed by atoms with Gasteiger partial charge in [0.2, 0.25) is 18.1 Å². The molecule has 0 unspecified atom stereocenters. The molecule has 0 fully saturated rings. The van der Waals surface area contributed by atoms with Gasteiger partial charge in [-0.1, -0.05) is 29.3 Å². The zero-order valence-corrected chi connectivity index (χ0v) is 17.3. The lowest BCUT2D eigenvalue weighted by atomic mass is 10.1. The molecule has 0 saturated heterocycles. The number of aliphatic imine (C=N–C) groups is 1. The molecule has 0 aliphatic heterocycles. The van der Waals surface area contributed by atoms with E-state index in [0.717, 1.165) is 17.0 Å². The predicted molar refractivity (Wildman–Crippen MR) is 115 cm³/mol. The molecule has 1 aromatic carbocycles. The molecule has 3 rings (SSSR count). The average Bonchev–Trinajstić information content (AvgIpc) is 2.70. The summed E-state index contributed by atoms with van der Waals surface area (Å²) in [5.74, 6) is 0.661. The van der Waals surface area contributed by atoms with Crippen LogP contribution in [-0.2, 0) is 6.42 Å². The second-order valence-electron chi connectivity index (χ2n) is 6.19. The molecule has 2 heterocycles. The maximum absolute atomic E-state index is 9.11. The van der Waals surface area contributed by atoms with E-state index >= 15 is 0 Å². The summed E-state index contributed by atoms with van der Waals surface area (Å²) in [4.78, 5) is 18.7. The lowest BCUT2D eigenvalue weighted by molar-refractivity contribution is 0.961. The van der Waals surface area contributed by atoms with E-state index < -0.39 is 0 Å². The second kappa shape index (κ2) is 9.32. The van der Waals surface area contributed by atoms with Gasteiger partial charge in [-0.05, 0) is 42.8 Å². The van der Waals surface area contributed by atoms with Gasteiger partial charge in [-0.25, -0.2) is 9.97 Å². The van der Waals surface area contributed by atoms with Crippen molar-refractivity contribution < 1.29 is 0 Å². The van der Waals surface area contributed by atoms with Gasteiger partial charge in [0.05, 0.1) is 15.7 Å². The van der Waals surface area contributed by atoms with Gasteiger partial charge >= 0.3 is 0 Å². The number of rotatable bonds is 4. The SMILES string of the molecule is Cc1cc(Cc2cccnc2)nc(N(C)/C(=N\C#N)Nc2ccc(Cl)c(Cl)c2)n1. The van der Waals surface area contributed by atoms with E-state index in [0.29, 0.717) is 28.1 Å². The number of nitriles is 1. The number of pyridine rings is 1. The summed E-state index contributed by atoms with van der Waals surface area (Å²) in [6, 6.07) is 10.8. The summed E-state index contributed by atoms with van der Waals surface area (Å²) in [6.45, 7) is 1.89. The van der Waals surface area contributed by atoms with Crippen LogP contribution in [0.2, 0.25) is 10.0 Å². The molecule has 9 heteroatoms. The maximum Gasteiger partial charge on any atom is 0.232 e. The van der Waals surface area contributed by atoms with Crippen molar-refractivity contribution in [3.05, 3.63) is 75.8 Å². The molecule has 7 nitrogen and oxygen atoms in total. The number of benzene rings is 1. The molecule has 146 valence electrons. The monoisotopic (exact) mass is 425 g/mol. The molecule has 0 bridgehead atoms. The van der Waals surface area contributed by atoms with Crippen molar-refractivity contribution in [2.24, 2.45) is 4.99 Å². The van der Waals surface area contributed by atoms with Gasteiger partial charge in [-0.3, -0.25) is 9.88 Å². The number of aromatic nitrogens is 3. The van der Waals surface area contributed by atoms with Gasteiger partial charge in [0.25, 0.3) is 0 Å². The van der Waals surface area contributed by atoms with Gasteiger partial charge in [0.1, 0.15) is 0 Å². The first-order valence-electron chi connectivity index (χ1n) is 8.62. The number of nitrogens with one attached hydrogen (secondary N) is 1. The van der Waals surface area contributed by atoms with Gasteiger partial charge in [-0.2, -0.15) is 5.26 Å². The Morgan fingerprint density at radius 2 is 2.03 bits per heavy atom. The van der Waals surface area contributed by atoms with Crippen molar-refractivity contribution in [2.45, 2.75) is 13.3 Å². The van der Waals surface area contributed by atoms with Crippen LogP contribution in [0.15, 0.2) is 53.8 Å². The van der Waals surface area contributed by atoms with Crippen molar-refractivity contribution in [2.75, 3.05) is 17.3 Å². The normalized spacial score (nSPS) is 11.1. The van der Waals surface area contributed by atoms with E-state index in [1.807, 2.05) is 25.1 Å². The molecular formula is C20H17Cl2N7. The minimum Gasteiger partial charge on any atom is -0.325 e. The first-order chi connectivity index (χ1) is 14.0. The number of anilines is 2. The number of aryl methyl sites for hydroxylation is 1. The summed E-state index contributed by atoms with van der Waals surface area (Å²) in [6.07, 6.45) is 5.94. The molecule has 0 atom stereocenters. The number of hydrogen-bond donors (Lipinski definition) is 1. The van der Waals surface area contributed by atoms with Crippen LogP contribution in [0.1, 0.15) is 17.0 Å². The summed E-state index contributed by atoms with van der Waals surface area (Å²) >= 11 is 12.0. The third-order valence-electron chi connectivity index (χ3n) is 3.95. The van der Waals surface area contributed by atoms with E-state index in [1.54, 1.807) is 48.7 Å². The van der Waals surface area contributed by atoms with Gasteiger partial charge in [0.15, 0.2) is 0 Å². The third kappa shape index (κ3) is 5.41. The molecule has 0 spiro atoms. The molecule has 0 saturated carbocycles. The molecule has 3 aromatic rings. The Balaban J connectivity index is 1.87. The Bertz CT molecular complexity index is 1080. The quantitative estimate of drug-likeness (QED) is 0.376. The standard InChI is InChI=1S/C20H17Cl2N7/c1-13-8-16(9-14-4-3-7-24-11-14)28-20(26-13)29(2)19(25-12-23)27-15-5-6-17(21)18(22)10-15/h3-8,10-11H,9H2,1-2H3,(H,25,27). The zero-order chi connectivity index (χ0) is 20.8. The topological polar surface area (TPSA) is 90.1 Å². The molecule has 0 aliphatic rings.